The molecule has 0 radical (unpaired) electrons. The van der Waals surface area contributed by atoms with Crippen LogP contribution in [0.15, 0.2) is 40.3 Å². The van der Waals surface area contributed by atoms with Crippen LogP contribution in [0, 0.1) is 0 Å². The Morgan fingerprint density at radius 3 is 2.95 bits per heavy atom. The van der Waals surface area contributed by atoms with E-state index in [0.29, 0.717) is 5.56 Å². The van der Waals surface area contributed by atoms with Crippen molar-refractivity contribution < 1.29 is 22.7 Å². The molecule has 0 fully saturated rings. The molecule has 2 aromatic rings. The van der Waals surface area contributed by atoms with Gasteiger partial charge in [0.25, 0.3) is 0 Å². The lowest BCUT2D eigenvalue weighted by Crippen LogP contribution is -2.22. The first-order valence-corrected chi connectivity index (χ1v) is 6.71. The van der Waals surface area contributed by atoms with E-state index in [1.165, 1.54) is 12.5 Å². The first kappa shape index (κ1) is 13.3. The van der Waals surface area contributed by atoms with Crippen LogP contribution < -0.4 is 4.72 Å². The number of rotatable bonds is 6. The number of carbonyl (C=O) groups is 1. The maximum Gasteiger partial charge on any atom is 0.325 e. The Hall–Kier alpha value is -2.13. The van der Waals surface area contributed by atoms with Crippen molar-refractivity contribution in [1.29, 1.82) is 0 Å². The summed E-state index contributed by atoms with van der Waals surface area (Å²) in [5.41, 5.74) is 0.682. The van der Waals surface area contributed by atoms with E-state index in [-0.39, 0.29) is 11.4 Å². The van der Waals surface area contributed by atoms with E-state index < -0.39 is 22.5 Å². The second-order valence-electron chi connectivity index (χ2n) is 3.72. The zero-order valence-corrected chi connectivity index (χ0v) is 10.5. The Balaban J connectivity index is 2.06. The molecule has 9 heteroatoms. The van der Waals surface area contributed by atoms with Crippen LogP contribution in [0.4, 0.5) is 0 Å². The third kappa shape index (κ3) is 3.42. The van der Waals surface area contributed by atoms with Gasteiger partial charge >= 0.3 is 5.97 Å². The number of carboxylic acids is 1. The number of sulfonamides is 1. The number of hydrogen-bond acceptors (Lipinski definition) is 5. The molecule has 2 N–H and O–H groups in total. The molecule has 0 saturated heterocycles. The van der Waals surface area contributed by atoms with Gasteiger partial charge in [-0.2, -0.15) is 5.10 Å². The summed E-state index contributed by atoms with van der Waals surface area (Å²) < 4.78 is 32.0. The summed E-state index contributed by atoms with van der Waals surface area (Å²) >= 11 is 0. The number of furan rings is 1. The molecule has 0 bridgehead atoms. The fourth-order valence-corrected chi connectivity index (χ4v) is 2.33. The number of carboxylic acid groups (broad SMARTS) is 1. The van der Waals surface area contributed by atoms with Crippen LogP contribution in [-0.2, 0) is 27.9 Å². The van der Waals surface area contributed by atoms with Crippen molar-refractivity contribution in [1.82, 2.24) is 14.5 Å². The van der Waals surface area contributed by atoms with Crippen LogP contribution >= 0.6 is 0 Å². The summed E-state index contributed by atoms with van der Waals surface area (Å²) in [5.74, 6) is -1.10. The van der Waals surface area contributed by atoms with E-state index in [1.807, 2.05) is 0 Å². The Morgan fingerprint density at radius 1 is 1.53 bits per heavy atom. The fourth-order valence-electron chi connectivity index (χ4n) is 1.36. The number of hydrogen-bond donors (Lipinski definition) is 2. The maximum atomic E-state index is 11.9. The van der Waals surface area contributed by atoms with Crippen molar-refractivity contribution in [3.8, 4) is 0 Å². The van der Waals surface area contributed by atoms with Gasteiger partial charge in [-0.1, -0.05) is 0 Å². The highest BCUT2D eigenvalue weighted by Crippen LogP contribution is 2.08. The Bertz CT molecular complexity index is 659. The topological polar surface area (TPSA) is 114 Å². The van der Waals surface area contributed by atoms with Gasteiger partial charge in [-0.05, 0) is 6.07 Å². The molecule has 19 heavy (non-hydrogen) atoms. The van der Waals surface area contributed by atoms with Crippen molar-refractivity contribution in [3.63, 3.8) is 0 Å². The molecule has 0 saturated carbocycles. The average molecular weight is 285 g/mol. The van der Waals surface area contributed by atoms with Crippen molar-refractivity contribution in [2.24, 2.45) is 0 Å². The second-order valence-corrected chi connectivity index (χ2v) is 5.49. The smallest absolute Gasteiger partial charge is 0.325 e. The fraction of sp³-hybridized carbons (Fsp3) is 0.200. The molecule has 2 heterocycles. The van der Waals surface area contributed by atoms with E-state index in [1.54, 1.807) is 6.07 Å². The molecular formula is C10H11N3O5S. The summed E-state index contributed by atoms with van der Waals surface area (Å²) in [5, 5.41) is 12.2. The average Bonchev–Trinajstić information content (AvgIpc) is 2.96. The minimum atomic E-state index is -3.72. The summed E-state index contributed by atoms with van der Waals surface area (Å²) in [4.78, 5) is 10.4. The number of nitrogens with one attached hydrogen (secondary N) is 1. The second kappa shape index (κ2) is 5.24. The molecule has 0 unspecified atom stereocenters. The normalized spacial score (nSPS) is 11.6. The van der Waals surface area contributed by atoms with Crippen LogP contribution in [0.1, 0.15) is 5.56 Å². The molecule has 0 aromatic carbocycles. The largest absolute Gasteiger partial charge is 0.480 e. The van der Waals surface area contributed by atoms with Crippen LogP contribution in [0.25, 0.3) is 0 Å². The van der Waals surface area contributed by atoms with Gasteiger partial charge in [0.05, 0.1) is 18.7 Å². The molecule has 0 aliphatic heterocycles. The van der Waals surface area contributed by atoms with E-state index >= 15 is 0 Å². The summed E-state index contributed by atoms with van der Waals surface area (Å²) in [6.07, 6.45) is 5.12. The van der Waals surface area contributed by atoms with Gasteiger partial charge in [-0.15, -0.1) is 0 Å². The maximum absolute atomic E-state index is 11.9. The van der Waals surface area contributed by atoms with Gasteiger partial charge in [0.2, 0.25) is 10.0 Å². The SMILES string of the molecule is O=C(O)Cn1cc(S(=O)(=O)NCc2ccoc2)cn1. The van der Waals surface area contributed by atoms with E-state index in [9.17, 15) is 13.2 Å². The molecular weight excluding hydrogens is 274 g/mol. The number of aliphatic carboxylic acids is 1. The lowest BCUT2D eigenvalue weighted by Gasteiger charge is -2.02. The van der Waals surface area contributed by atoms with Crippen molar-refractivity contribution >= 4 is 16.0 Å². The van der Waals surface area contributed by atoms with Gasteiger partial charge in [0, 0.05) is 18.3 Å². The van der Waals surface area contributed by atoms with Crippen molar-refractivity contribution in [3.05, 3.63) is 36.5 Å². The van der Waals surface area contributed by atoms with Gasteiger partial charge in [-0.3, -0.25) is 9.48 Å². The van der Waals surface area contributed by atoms with Crippen LogP contribution in [0.3, 0.4) is 0 Å². The Morgan fingerprint density at radius 2 is 2.32 bits per heavy atom. The Kier molecular flexibility index (Phi) is 3.67. The molecule has 0 amide bonds. The molecule has 0 aliphatic carbocycles. The zero-order chi connectivity index (χ0) is 13.9. The molecule has 8 nitrogen and oxygen atoms in total. The molecule has 2 aromatic heterocycles. The third-order valence-electron chi connectivity index (χ3n) is 2.26. The lowest BCUT2D eigenvalue weighted by molar-refractivity contribution is -0.137. The number of nitrogens with zero attached hydrogens (tertiary/aromatic N) is 2. The predicted octanol–water partition coefficient (Wildman–Crippen LogP) is 0.0392. The minimum absolute atomic E-state index is 0.0859. The quantitative estimate of drug-likeness (QED) is 0.774. The predicted molar refractivity (Wildman–Crippen MR) is 62.6 cm³/mol. The van der Waals surface area contributed by atoms with E-state index in [4.69, 9.17) is 9.52 Å². The monoisotopic (exact) mass is 285 g/mol. The Labute approximate surface area is 108 Å². The standard InChI is InChI=1S/C10H11N3O5S/c14-10(15)6-13-5-9(4-11-13)19(16,17)12-3-8-1-2-18-7-8/h1-2,4-5,7,12H,3,6H2,(H,14,15). The summed E-state index contributed by atoms with van der Waals surface area (Å²) in [6.45, 7) is -0.305. The van der Waals surface area contributed by atoms with E-state index in [0.717, 1.165) is 17.1 Å². The van der Waals surface area contributed by atoms with Crippen LogP contribution in [0.2, 0.25) is 0 Å². The van der Waals surface area contributed by atoms with Crippen molar-refractivity contribution in [2.75, 3.05) is 0 Å². The summed E-state index contributed by atoms with van der Waals surface area (Å²) in [7, 11) is -3.72. The van der Waals surface area contributed by atoms with Crippen molar-refractivity contribution in [2.45, 2.75) is 18.0 Å². The highest BCUT2D eigenvalue weighted by molar-refractivity contribution is 7.89. The molecule has 0 atom stereocenters. The van der Waals surface area contributed by atoms with Gasteiger partial charge in [-0.25, -0.2) is 13.1 Å². The van der Waals surface area contributed by atoms with Gasteiger partial charge in [0.1, 0.15) is 11.4 Å². The molecule has 0 aliphatic rings. The van der Waals surface area contributed by atoms with Crippen LogP contribution in [0.5, 0.6) is 0 Å². The van der Waals surface area contributed by atoms with Gasteiger partial charge in [0.15, 0.2) is 0 Å². The minimum Gasteiger partial charge on any atom is -0.480 e. The van der Waals surface area contributed by atoms with Crippen LogP contribution in [-0.4, -0.2) is 29.3 Å². The molecule has 0 spiro atoms. The summed E-state index contributed by atoms with van der Waals surface area (Å²) in [6, 6.07) is 1.64. The van der Waals surface area contributed by atoms with Gasteiger partial charge < -0.3 is 9.52 Å². The number of aromatic nitrogens is 2. The lowest BCUT2D eigenvalue weighted by atomic mass is 10.4. The molecule has 2 rings (SSSR count). The third-order valence-corrected chi connectivity index (χ3v) is 3.62. The first-order valence-electron chi connectivity index (χ1n) is 5.22. The zero-order valence-electron chi connectivity index (χ0n) is 9.68. The highest BCUT2D eigenvalue weighted by atomic mass is 32.2. The first-order chi connectivity index (χ1) is 8.97. The molecule has 102 valence electrons. The van der Waals surface area contributed by atoms with E-state index in [2.05, 4.69) is 9.82 Å². The highest BCUT2D eigenvalue weighted by Gasteiger charge is 2.17.